The van der Waals surface area contributed by atoms with Gasteiger partial charge in [-0.2, -0.15) is 5.10 Å². The van der Waals surface area contributed by atoms with Crippen LogP contribution in [0.25, 0.3) is 11.3 Å². The highest BCUT2D eigenvalue weighted by atomic mass is 16.3. The molecule has 15 heavy (non-hydrogen) atoms. The number of carbonyl (C=O) groups excluding carboxylic acids is 1. The Kier molecular flexibility index (Phi) is 2.19. The highest BCUT2D eigenvalue weighted by Crippen LogP contribution is 2.27. The van der Waals surface area contributed by atoms with Crippen LogP contribution in [0.4, 0.5) is 0 Å². The first kappa shape index (κ1) is 9.71. The van der Waals surface area contributed by atoms with Crippen LogP contribution in [0.1, 0.15) is 21.9 Å². The average molecular weight is 204 g/mol. The molecule has 0 unspecified atom stereocenters. The van der Waals surface area contributed by atoms with Crippen molar-refractivity contribution in [1.29, 1.82) is 0 Å². The van der Waals surface area contributed by atoms with Gasteiger partial charge in [0.15, 0.2) is 6.29 Å². The van der Waals surface area contributed by atoms with Gasteiger partial charge >= 0.3 is 0 Å². The summed E-state index contributed by atoms with van der Waals surface area (Å²) in [6.07, 6.45) is 2.51. The molecule has 0 aliphatic carbocycles. The highest BCUT2D eigenvalue weighted by molar-refractivity contribution is 5.85. The fraction of sp³-hybridized carbons (Fsp3) is 0.273. The van der Waals surface area contributed by atoms with E-state index in [4.69, 9.17) is 4.42 Å². The van der Waals surface area contributed by atoms with Gasteiger partial charge in [-0.1, -0.05) is 0 Å². The Hall–Kier alpha value is -1.84. The number of rotatable bonds is 2. The van der Waals surface area contributed by atoms with Gasteiger partial charge in [0.1, 0.15) is 17.2 Å². The van der Waals surface area contributed by atoms with Crippen molar-refractivity contribution in [2.45, 2.75) is 13.8 Å². The lowest BCUT2D eigenvalue weighted by atomic mass is 10.1. The Bertz CT molecular complexity index is 509. The Morgan fingerprint density at radius 2 is 2.20 bits per heavy atom. The van der Waals surface area contributed by atoms with Crippen LogP contribution in [0.3, 0.4) is 0 Å². The Morgan fingerprint density at radius 1 is 1.47 bits per heavy atom. The van der Waals surface area contributed by atoms with E-state index >= 15 is 0 Å². The van der Waals surface area contributed by atoms with Gasteiger partial charge in [0.25, 0.3) is 0 Å². The molecule has 0 saturated heterocycles. The molecule has 0 radical (unpaired) electrons. The molecule has 0 bridgehead atoms. The fourth-order valence-corrected chi connectivity index (χ4v) is 1.67. The number of hydrogen-bond donors (Lipinski definition) is 0. The molecule has 0 N–H and O–H groups in total. The summed E-state index contributed by atoms with van der Waals surface area (Å²) in [5.74, 6) is 1.61. The molecular formula is C11H12N2O2. The number of aromatic nitrogens is 2. The van der Waals surface area contributed by atoms with Gasteiger partial charge in [0, 0.05) is 18.8 Å². The van der Waals surface area contributed by atoms with E-state index in [0.29, 0.717) is 11.3 Å². The van der Waals surface area contributed by atoms with Crippen LogP contribution in [0.15, 0.2) is 16.7 Å². The minimum absolute atomic E-state index is 0.585. The average Bonchev–Trinajstić information content (AvgIpc) is 2.69. The van der Waals surface area contributed by atoms with Crippen LogP contribution < -0.4 is 0 Å². The van der Waals surface area contributed by atoms with Gasteiger partial charge in [-0.3, -0.25) is 9.48 Å². The van der Waals surface area contributed by atoms with E-state index in [1.54, 1.807) is 17.9 Å². The molecule has 0 aromatic carbocycles. The summed E-state index contributed by atoms with van der Waals surface area (Å²) in [5, 5.41) is 4.25. The minimum atomic E-state index is 0.585. The van der Waals surface area contributed by atoms with E-state index < -0.39 is 0 Å². The van der Waals surface area contributed by atoms with Crippen molar-refractivity contribution in [3.63, 3.8) is 0 Å². The lowest BCUT2D eigenvalue weighted by molar-refractivity contribution is 0.112. The van der Waals surface area contributed by atoms with Crippen molar-refractivity contribution in [1.82, 2.24) is 9.78 Å². The number of aldehydes is 1. The molecular weight excluding hydrogens is 192 g/mol. The lowest BCUT2D eigenvalue weighted by Crippen LogP contribution is -1.88. The standard InChI is InChI=1S/C11H12N2O2/c1-7-4-10(8(2)15-7)11-9(6-14)5-13(3)12-11/h4-6H,1-3H3. The number of nitrogens with zero attached hydrogens (tertiary/aromatic N) is 2. The van der Waals surface area contributed by atoms with E-state index in [1.165, 1.54) is 0 Å². The first-order valence-corrected chi connectivity index (χ1v) is 4.68. The summed E-state index contributed by atoms with van der Waals surface area (Å²) >= 11 is 0. The molecule has 2 heterocycles. The molecule has 0 atom stereocenters. The highest BCUT2D eigenvalue weighted by Gasteiger charge is 2.14. The maximum Gasteiger partial charge on any atom is 0.153 e. The Morgan fingerprint density at radius 3 is 2.73 bits per heavy atom. The topological polar surface area (TPSA) is 48.0 Å². The number of aryl methyl sites for hydroxylation is 3. The Labute approximate surface area is 87.5 Å². The van der Waals surface area contributed by atoms with Gasteiger partial charge in [0.05, 0.1) is 5.56 Å². The van der Waals surface area contributed by atoms with Gasteiger partial charge in [-0.05, 0) is 19.9 Å². The molecule has 0 amide bonds. The van der Waals surface area contributed by atoms with Gasteiger partial charge in [-0.25, -0.2) is 0 Å². The lowest BCUT2D eigenvalue weighted by Gasteiger charge is -1.93. The fourth-order valence-electron chi connectivity index (χ4n) is 1.67. The smallest absolute Gasteiger partial charge is 0.153 e. The molecule has 2 aromatic heterocycles. The first-order valence-electron chi connectivity index (χ1n) is 4.68. The number of furan rings is 1. The zero-order chi connectivity index (χ0) is 11.0. The van der Waals surface area contributed by atoms with E-state index in [-0.39, 0.29) is 0 Å². The van der Waals surface area contributed by atoms with E-state index in [2.05, 4.69) is 5.10 Å². The molecule has 0 spiro atoms. The summed E-state index contributed by atoms with van der Waals surface area (Å²) in [6.45, 7) is 3.74. The third kappa shape index (κ3) is 1.58. The molecule has 0 fully saturated rings. The molecule has 78 valence electrons. The SMILES string of the molecule is Cc1cc(-c2nn(C)cc2C=O)c(C)o1. The second-order valence-corrected chi connectivity index (χ2v) is 3.55. The minimum Gasteiger partial charge on any atom is -0.466 e. The van der Waals surface area contributed by atoms with Crippen molar-refractivity contribution < 1.29 is 9.21 Å². The summed E-state index contributed by atoms with van der Waals surface area (Å²) in [7, 11) is 1.79. The second kappa shape index (κ2) is 3.38. The maximum absolute atomic E-state index is 10.8. The second-order valence-electron chi connectivity index (χ2n) is 3.55. The maximum atomic E-state index is 10.8. The predicted molar refractivity (Wildman–Crippen MR) is 55.8 cm³/mol. The number of carbonyl (C=O) groups is 1. The predicted octanol–water partition coefficient (Wildman–Crippen LogP) is 2.11. The molecule has 2 rings (SSSR count). The van der Waals surface area contributed by atoms with Crippen LogP contribution in [0, 0.1) is 13.8 Å². The number of hydrogen-bond acceptors (Lipinski definition) is 3. The van der Waals surface area contributed by atoms with Crippen LogP contribution in [0.2, 0.25) is 0 Å². The Balaban J connectivity index is 2.62. The zero-order valence-electron chi connectivity index (χ0n) is 8.94. The largest absolute Gasteiger partial charge is 0.466 e. The monoisotopic (exact) mass is 204 g/mol. The van der Waals surface area contributed by atoms with Gasteiger partial charge < -0.3 is 4.42 Å². The normalized spacial score (nSPS) is 10.6. The van der Waals surface area contributed by atoms with E-state index in [1.807, 2.05) is 19.9 Å². The molecule has 0 aliphatic heterocycles. The van der Waals surface area contributed by atoms with Crippen molar-refractivity contribution in [2.24, 2.45) is 7.05 Å². The van der Waals surface area contributed by atoms with Crippen LogP contribution in [-0.4, -0.2) is 16.1 Å². The van der Waals surface area contributed by atoms with Crippen LogP contribution in [0.5, 0.6) is 0 Å². The van der Waals surface area contributed by atoms with Crippen molar-refractivity contribution in [3.8, 4) is 11.3 Å². The van der Waals surface area contributed by atoms with Crippen molar-refractivity contribution in [2.75, 3.05) is 0 Å². The molecule has 4 heteroatoms. The summed E-state index contributed by atoms with van der Waals surface area (Å²) in [6, 6.07) is 1.89. The molecule has 0 aliphatic rings. The molecule has 4 nitrogen and oxygen atoms in total. The third-order valence-electron chi connectivity index (χ3n) is 2.28. The van der Waals surface area contributed by atoms with E-state index in [0.717, 1.165) is 23.4 Å². The van der Waals surface area contributed by atoms with Gasteiger partial charge in [0.2, 0.25) is 0 Å². The van der Waals surface area contributed by atoms with Crippen LogP contribution >= 0.6 is 0 Å². The third-order valence-corrected chi connectivity index (χ3v) is 2.28. The summed E-state index contributed by atoms with van der Waals surface area (Å²) in [4.78, 5) is 10.8. The summed E-state index contributed by atoms with van der Waals surface area (Å²) in [5.41, 5.74) is 2.15. The quantitative estimate of drug-likeness (QED) is 0.704. The zero-order valence-corrected chi connectivity index (χ0v) is 8.94. The van der Waals surface area contributed by atoms with Crippen molar-refractivity contribution in [3.05, 3.63) is 29.3 Å². The van der Waals surface area contributed by atoms with Gasteiger partial charge in [-0.15, -0.1) is 0 Å². The van der Waals surface area contributed by atoms with Crippen LogP contribution in [-0.2, 0) is 7.05 Å². The first-order chi connectivity index (χ1) is 7.11. The van der Waals surface area contributed by atoms with E-state index in [9.17, 15) is 4.79 Å². The summed E-state index contributed by atoms with van der Waals surface area (Å²) < 4.78 is 7.04. The molecule has 2 aromatic rings. The molecule has 0 saturated carbocycles. The van der Waals surface area contributed by atoms with Crippen molar-refractivity contribution >= 4 is 6.29 Å².